The van der Waals surface area contributed by atoms with Crippen LogP contribution in [0.1, 0.15) is 12.8 Å². The molecule has 1 aliphatic rings. The first-order valence-electron chi connectivity index (χ1n) is 3.45. The molecule has 0 radical (unpaired) electrons. The molecule has 1 heterocycles. The summed E-state index contributed by atoms with van der Waals surface area (Å²) in [6, 6.07) is 0. The van der Waals surface area contributed by atoms with Crippen LogP contribution in [-0.4, -0.2) is 35.1 Å². The van der Waals surface area contributed by atoms with Crippen LogP contribution in [0, 0.1) is 0 Å². The smallest absolute Gasteiger partial charge is 0.419 e. The van der Waals surface area contributed by atoms with Crippen molar-refractivity contribution in [3.05, 3.63) is 0 Å². The van der Waals surface area contributed by atoms with Crippen molar-refractivity contribution in [2.75, 3.05) is 13.1 Å². The first-order valence-corrected chi connectivity index (χ1v) is 3.45. The molecule has 0 bridgehead atoms. The molecule has 1 rings (SSSR count). The van der Waals surface area contributed by atoms with Crippen LogP contribution in [0.3, 0.4) is 0 Å². The number of carbonyl (C=O) groups is 2. The summed E-state index contributed by atoms with van der Waals surface area (Å²) in [5, 5.41) is 9.83. The van der Waals surface area contributed by atoms with E-state index in [-0.39, 0.29) is 5.78 Å². The summed E-state index contributed by atoms with van der Waals surface area (Å²) in [4.78, 5) is 20.8. The van der Waals surface area contributed by atoms with Crippen LogP contribution < -0.4 is 5.43 Å². The largest absolute Gasteiger partial charge is 0.464 e. The molecule has 1 aliphatic heterocycles. The number of nitrogens with one attached hydrogen (secondary N) is 1. The summed E-state index contributed by atoms with van der Waals surface area (Å²) < 4.78 is 0. The van der Waals surface area contributed by atoms with E-state index in [4.69, 9.17) is 5.11 Å². The fourth-order valence-corrected chi connectivity index (χ4v) is 1.00. The molecule has 0 aromatic heterocycles. The molecular formula is C6H10N2O3. The predicted molar refractivity (Wildman–Crippen MR) is 37.0 cm³/mol. The Morgan fingerprint density at radius 1 is 1.45 bits per heavy atom. The van der Waals surface area contributed by atoms with Gasteiger partial charge in [-0.25, -0.2) is 9.80 Å². The lowest BCUT2D eigenvalue weighted by Gasteiger charge is -2.24. The summed E-state index contributed by atoms with van der Waals surface area (Å²) in [6.07, 6.45) is -0.181. The molecule has 11 heavy (non-hydrogen) atoms. The predicted octanol–water partition coefficient (Wildman–Crippen LogP) is -0.166. The number of nitrogens with zero attached hydrogens (tertiary/aromatic N) is 1. The second-order valence-corrected chi connectivity index (χ2v) is 2.44. The molecule has 62 valence electrons. The van der Waals surface area contributed by atoms with Crippen LogP contribution in [0.15, 0.2) is 0 Å². The zero-order valence-corrected chi connectivity index (χ0v) is 6.04. The van der Waals surface area contributed by atoms with Crippen LogP contribution in [-0.2, 0) is 4.79 Å². The monoisotopic (exact) mass is 158 g/mol. The number of hydrazine groups is 1. The number of hydrogen-bond donors (Lipinski definition) is 2. The van der Waals surface area contributed by atoms with E-state index < -0.39 is 6.09 Å². The van der Waals surface area contributed by atoms with Gasteiger partial charge in [0, 0.05) is 25.9 Å². The first kappa shape index (κ1) is 8.00. The third kappa shape index (κ3) is 2.55. The van der Waals surface area contributed by atoms with Crippen molar-refractivity contribution in [3.63, 3.8) is 0 Å². The summed E-state index contributed by atoms with van der Waals surface area (Å²) in [7, 11) is 0. The number of amides is 1. The molecule has 1 fully saturated rings. The molecule has 0 unspecified atom stereocenters. The molecule has 5 nitrogen and oxygen atoms in total. The third-order valence-electron chi connectivity index (χ3n) is 1.57. The number of rotatable bonds is 1. The van der Waals surface area contributed by atoms with Gasteiger partial charge < -0.3 is 5.11 Å². The average Bonchev–Trinajstić information content (AvgIpc) is 1.93. The van der Waals surface area contributed by atoms with Crippen LogP contribution >= 0.6 is 0 Å². The van der Waals surface area contributed by atoms with Gasteiger partial charge in [-0.05, 0) is 0 Å². The Bertz CT molecular complexity index is 171. The molecule has 2 N–H and O–H groups in total. The Morgan fingerprint density at radius 2 is 2.00 bits per heavy atom. The van der Waals surface area contributed by atoms with Crippen molar-refractivity contribution >= 4 is 11.9 Å². The van der Waals surface area contributed by atoms with Crippen LogP contribution in [0.5, 0.6) is 0 Å². The Hall–Kier alpha value is -1.10. The zero-order valence-electron chi connectivity index (χ0n) is 6.04. The molecule has 1 amide bonds. The molecule has 0 aliphatic carbocycles. The molecule has 0 aromatic rings. The fraction of sp³-hybridized carbons (Fsp3) is 0.667. The molecule has 0 saturated carbocycles. The fourth-order valence-electron chi connectivity index (χ4n) is 1.00. The average molecular weight is 158 g/mol. The minimum absolute atomic E-state index is 0.202. The lowest BCUT2D eigenvalue weighted by Crippen LogP contribution is -2.46. The molecular weight excluding hydrogens is 148 g/mol. The molecule has 0 spiro atoms. The van der Waals surface area contributed by atoms with E-state index in [1.807, 2.05) is 0 Å². The summed E-state index contributed by atoms with van der Waals surface area (Å²) in [6.45, 7) is 0.982. The van der Waals surface area contributed by atoms with E-state index in [1.165, 1.54) is 5.01 Å². The van der Waals surface area contributed by atoms with Gasteiger partial charge in [-0.3, -0.25) is 10.2 Å². The zero-order chi connectivity index (χ0) is 8.27. The number of piperidine rings is 1. The minimum atomic E-state index is -1.07. The van der Waals surface area contributed by atoms with E-state index in [9.17, 15) is 9.59 Å². The third-order valence-corrected chi connectivity index (χ3v) is 1.57. The number of carbonyl (C=O) groups excluding carboxylic acids is 1. The Labute approximate surface area is 64.0 Å². The lowest BCUT2D eigenvalue weighted by atomic mass is 10.1. The SMILES string of the molecule is O=C1CCN(NC(=O)O)CC1. The van der Waals surface area contributed by atoms with Gasteiger partial charge in [-0.15, -0.1) is 0 Å². The van der Waals surface area contributed by atoms with Gasteiger partial charge in [-0.1, -0.05) is 0 Å². The normalized spacial score (nSPS) is 19.8. The van der Waals surface area contributed by atoms with Crippen molar-refractivity contribution in [2.24, 2.45) is 0 Å². The van der Waals surface area contributed by atoms with Crippen LogP contribution in [0.4, 0.5) is 4.79 Å². The van der Waals surface area contributed by atoms with Crippen molar-refractivity contribution < 1.29 is 14.7 Å². The summed E-state index contributed by atoms with van der Waals surface area (Å²) >= 11 is 0. The molecule has 0 atom stereocenters. The number of ketones is 1. The Balaban J connectivity index is 2.28. The maximum absolute atomic E-state index is 10.7. The van der Waals surface area contributed by atoms with E-state index >= 15 is 0 Å². The highest BCUT2D eigenvalue weighted by molar-refractivity contribution is 5.79. The van der Waals surface area contributed by atoms with Crippen molar-refractivity contribution in [2.45, 2.75) is 12.8 Å². The second kappa shape index (κ2) is 3.34. The van der Waals surface area contributed by atoms with Gasteiger partial charge >= 0.3 is 6.09 Å². The highest BCUT2D eigenvalue weighted by Gasteiger charge is 2.16. The van der Waals surface area contributed by atoms with Gasteiger partial charge in [-0.2, -0.15) is 0 Å². The van der Waals surface area contributed by atoms with Crippen molar-refractivity contribution in [1.82, 2.24) is 10.4 Å². The summed E-state index contributed by atoms with van der Waals surface area (Å²) in [5.74, 6) is 0.202. The maximum atomic E-state index is 10.7. The lowest BCUT2D eigenvalue weighted by molar-refractivity contribution is -0.122. The quantitative estimate of drug-likeness (QED) is 0.556. The van der Waals surface area contributed by atoms with Gasteiger partial charge in [0.25, 0.3) is 0 Å². The Kier molecular flexibility index (Phi) is 2.43. The molecule has 0 aromatic carbocycles. The maximum Gasteiger partial charge on any atom is 0.419 e. The molecule has 5 heteroatoms. The second-order valence-electron chi connectivity index (χ2n) is 2.44. The van der Waals surface area contributed by atoms with Gasteiger partial charge in [0.2, 0.25) is 0 Å². The minimum Gasteiger partial charge on any atom is -0.464 e. The van der Waals surface area contributed by atoms with Crippen LogP contribution in [0.25, 0.3) is 0 Å². The number of Topliss-reactive ketones (excluding diaryl/α,β-unsaturated/α-hetero) is 1. The van der Waals surface area contributed by atoms with Gasteiger partial charge in [0.15, 0.2) is 0 Å². The van der Waals surface area contributed by atoms with E-state index in [2.05, 4.69) is 5.43 Å². The highest BCUT2D eigenvalue weighted by atomic mass is 16.4. The van der Waals surface area contributed by atoms with E-state index in [0.29, 0.717) is 25.9 Å². The standard InChI is InChI=1S/C6H10N2O3/c9-5-1-3-8(4-2-5)7-6(10)11/h7H,1-4H2,(H,10,11). The molecule has 1 saturated heterocycles. The topological polar surface area (TPSA) is 69.6 Å². The van der Waals surface area contributed by atoms with Crippen molar-refractivity contribution in [3.8, 4) is 0 Å². The Morgan fingerprint density at radius 3 is 2.45 bits per heavy atom. The van der Waals surface area contributed by atoms with Gasteiger partial charge in [0.1, 0.15) is 5.78 Å². The number of carboxylic acid groups (broad SMARTS) is 1. The summed E-state index contributed by atoms with van der Waals surface area (Å²) in [5.41, 5.74) is 2.20. The van der Waals surface area contributed by atoms with E-state index in [0.717, 1.165) is 0 Å². The van der Waals surface area contributed by atoms with Crippen molar-refractivity contribution in [1.29, 1.82) is 0 Å². The van der Waals surface area contributed by atoms with Gasteiger partial charge in [0.05, 0.1) is 0 Å². The highest BCUT2D eigenvalue weighted by Crippen LogP contribution is 2.01. The van der Waals surface area contributed by atoms with Crippen LogP contribution in [0.2, 0.25) is 0 Å². The first-order chi connectivity index (χ1) is 5.18. The number of hydrogen-bond acceptors (Lipinski definition) is 3. The van der Waals surface area contributed by atoms with E-state index in [1.54, 1.807) is 0 Å².